The Morgan fingerprint density at radius 2 is 1.65 bits per heavy atom. The van der Waals surface area contributed by atoms with Gasteiger partial charge in [-0.2, -0.15) is 11.8 Å². The van der Waals surface area contributed by atoms with E-state index >= 15 is 0 Å². The molecule has 0 aromatic rings. The molecule has 0 aromatic carbocycles. The molecule has 0 bridgehead atoms. The maximum atomic E-state index is 13.1. The number of hydrogen-bond donors (Lipinski definition) is 1. The molecule has 2 fully saturated rings. The van der Waals surface area contributed by atoms with E-state index in [0.29, 0.717) is 15.5 Å². The third kappa shape index (κ3) is 3.30. The summed E-state index contributed by atoms with van der Waals surface area (Å²) < 4.78 is 0. The molecule has 1 saturated heterocycles. The first-order valence-corrected chi connectivity index (χ1v) is 9.05. The van der Waals surface area contributed by atoms with Crippen molar-refractivity contribution in [1.82, 2.24) is 4.90 Å². The monoisotopic (exact) mass is 314 g/mol. The van der Waals surface area contributed by atoms with Gasteiger partial charge in [0.25, 0.3) is 0 Å². The van der Waals surface area contributed by atoms with Crippen LogP contribution in [0.5, 0.6) is 0 Å². The Morgan fingerprint density at radius 3 is 2.10 bits per heavy atom. The predicted octanol–water partition coefficient (Wildman–Crippen LogP) is 2.97. The van der Waals surface area contributed by atoms with Gasteiger partial charge in [-0.1, -0.05) is 51.7 Å². The molecule has 1 amide bonds. The molecule has 114 valence electrons. The van der Waals surface area contributed by atoms with E-state index in [1.807, 2.05) is 16.7 Å². The smallest absolute Gasteiger partial charge is 0.235 e. The zero-order chi connectivity index (χ0) is 14.8. The van der Waals surface area contributed by atoms with Crippen molar-refractivity contribution in [2.45, 2.75) is 62.9 Å². The SMILES string of the molecule is CC1CN(C(=O)C2(C(N)=S)CCCCCC2)CC(C)S1. The highest BCUT2D eigenvalue weighted by molar-refractivity contribution is 8.00. The zero-order valence-electron chi connectivity index (χ0n) is 12.6. The fourth-order valence-electron chi connectivity index (χ4n) is 3.54. The number of thioether (sulfide) groups is 1. The predicted molar refractivity (Wildman–Crippen MR) is 90.0 cm³/mol. The van der Waals surface area contributed by atoms with Gasteiger partial charge in [0.2, 0.25) is 5.91 Å². The number of hydrogen-bond acceptors (Lipinski definition) is 3. The fraction of sp³-hybridized carbons (Fsp3) is 0.867. The zero-order valence-corrected chi connectivity index (χ0v) is 14.2. The van der Waals surface area contributed by atoms with Crippen molar-refractivity contribution in [2.24, 2.45) is 11.1 Å². The topological polar surface area (TPSA) is 46.3 Å². The van der Waals surface area contributed by atoms with Crippen molar-refractivity contribution in [3.05, 3.63) is 0 Å². The third-order valence-corrected chi connectivity index (χ3v) is 6.16. The minimum absolute atomic E-state index is 0.200. The van der Waals surface area contributed by atoms with Gasteiger partial charge in [0.05, 0.1) is 10.4 Å². The van der Waals surface area contributed by atoms with Gasteiger partial charge in [-0.05, 0) is 12.8 Å². The summed E-state index contributed by atoms with van der Waals surface area (Å²) in [6, 6.07) is 0. The summed E-state index contributed by atoms with van der Waals surface area (Å²) in [6.45, 7) is 6.05. The van der Waals surface area contributed by atoms with E-state index in [4.69, 9.17) is 18.0 Å². The molecule has 2 aliphatic rings. The molecule has 2 atom stereocenters. The Bertz CT molecular complexity index is 368. The molecule has 0 spiro atoms. The second kappa shape index (κ2) is 6.65. The molecule has 1 saturated carbocycles. The van der Waals surface area contributed by atoms with E-state index < -0.39 is 5.41 Å². The highest BCUT2D eigenvalue weighted by Crippen LogP contribution is 2.38. The van der Waals surface area contributed by atoms with Crippen molar-refractivity contribution in [3.8, 4) is 0 Å². The number of rotatable bonds is 2. The molecule has 1 heterocycles. The Labute approximate surface area is 132 Å². The third-order valence-electron chi connectivity index (χ3n) is 4.54. The Morgan fingerprint density at radius 1 is 1.15 bits per heavy atom. The number of amides is 1. The highest BCUT2D eigenvalue weighted by atomic mass is 32.2. The number of nitrogens with two attached hydrogens (primary N) is 1. The molecule has 0 radical (unpaired) electrons. The summed E-state index contributed by atoms with van der Waals surface area (Å²) in [7, 11) is 0. The Balaban J connectivity index is 2.20. The van der Waals surface area contributed by atoms with Crippen molar-refractivity contribution >= 4 is 34.9 Å². The normalized spacial score (nSPS) is 30.6. The quantitative estimate of drug-likeness (QED) is 0.629. The molecule has 0 aromatic heterocycles. The standard InChI is InChI=1S/C15H26N2OS2/c1-11-9-17(10-12(2)20-11)14(18)15(13(16)19)7-5-3-4-6-8-15/h11-12H,3-10H2,1-2H3,(H2,16,19). The van der Waals surface area contributed by atoms with Gasteiger partial charge in [0, 0.05) is 23.6 Å². The van der Waals surface area contributed by atoms with E-state index in [-0.39, 0.29) is 5.91 Å². The van der Waals surface area contributed by atoms with E-state index in [1.165, 1.54) is 12.8 Å². The molecule has 20 heavy (non-hydrogen) atoms. The fourth-order valence-corrected chi connectivity index (χ4v) is 5.16. The first-order valence-electron chi connectivity index (χ1n) is 7.70. The van der Waals surface area contributed by atoms with Gasteiger partial charge in [0.1, 0.15) is 0 Å². The van der Waals surface area contributed by atoms with E-state index in [2.05, 4.69) is 13.8 Å². The average molecular weight is 315 g/mol. The van der Waals surface area contributed by atoms with Crippen LogP contribution in [0.2, 0.25) is 0 Å². The van der Waals surface area contributed by atoms with Gasteiger partial charge in [-0.25, -0.2) is 0 Å². The van der Waals surface area contributed by atoms with E-state index in [1.54, 1.807) is 0 Å². The Hall–Kier alpha value is -0.290. The van der Waals surface area contributed by atoms with Crippen molar-refractivity contribution in [3.63, 3.8) is 0 Å². The largest absolute Gasteiger partial charge is 0.392 e. The number of carbonyl (C=O) groups is 1. The molecule has 3 nitrogen and oxygen atoms in total. The molecular formula is C15H26N2OS2. The van der Waals surface area contributed by atoms with Crippen LogP contribution in [0.15, 0.2) is 0 Å². The summed E-state index contributed by atoms with van der Waals surface area (Å²) >= 11 is 7.28. The highest BCUT2D eigenvalue weighted by Gasteiger charge is 2.45. The van der Waals surface area contributed by atoms with Crippen LogP contribution in [0, 0.1) is 5.41 Å². The van der Waals surface area contributed by atoms with Crippen LogP contribution < -0.4 is 5.73 Å². The minimum Gasteiger partial charge on any atom is -0.392 e. The van der Waals surface area contributed by atoms with Crippen LogP contribution in [-0.4, -0.2) is 39.4 Å². The summed E-state index contributed by atoms with van der Waals surface area (Å²) in [4.78, 5) is 15.6. The maximum absolute atomic E-state index is 13.1. The molecular weight excluding hydrogens is 288 g/mol. The van der Waals surface area contributed by atoms with E-state index in [0.717, 1.165) is 38.8 Å². The molecule has 2 N–H and O–H groups in total. The first-order chi connectivity index (χ1) is 9.45. The van der Waals surface area contributed by atoms with Crippen LogP contribution in [0.25, 0.3) is 0 Å². The van der Waals surface area contributed by atoms with Gasteiger partial charge < -0.3 is 10.6 Å². The van der Waals surface area contributed by atoms with Gasteiger partial charge in [-0.15, -0.1) is 0 Å². The van der Waals surface area contributed by atoms with Crippen LogP contribution in [0.4, 0.5) is 0 Å². The summed E-state index contributed by atoms with van der Waals surface area (Å²) in [6.07, 6.45) is 6.20. The second-order valence-corrected chi connectivity index (χ2v) is 8.65. The van der Waals surface area contributed by atoms with Crippen LogP contribution in [0.1, 0.15) is 52.4 Å². The van der Waals surface area contributed by atoms with Crippen LogP contribution in [-0.2, 0) is 4.79 Å². The van der Waals surface area contributed by atoms with Crippen LogP contribution >= 0.6 is 24.0 Å². The lowest BCUT2D eigenvalue weighted by atomic mass is 9.78. The van der Waals surface area contributed by atoms with E-state index in [9.17, 15) is 4.79 Å². The maximum Gasteiger partial charge on any atom is 0.235 e. The molecule has 2 rings (SSSR count). The number of thiocarbonyl (C=S) groups is 1. The van der Waals surface area contributed by atoms with Gasteiger partial charge >= 0.3 is 0 Å². The molecule has 1 aliphatic heterocycles. The lowest BCUT2D eigenvalue weighted by molar-refractivity contribution is -0.139. The van der Waals surface area contributed by atoms with Crippen molar-refractivity contribution < 1.29 is 4.79 Å². The summed E-state index contributed by atoms with van der Waals surface area (Å²) in [5.41, 5.74) is 5.47. The lowest BCUT2D eigenvalue weighted by Crippen LogP contribution is -2.54. The lowest BCUT2D eigenvalue weighted by Gasteiger charge is -2.41. The summed E-state index contributed by atoms with van der Waals surface area (Å²) in [5, 5.41) is 0.994. The average Bonchev–Trinajstić information content (AvgIpc) is 2.63. The second-order valence-electron chi connectivity index (χ2n) is 6.33. The van der Waals surface area contributed by atoms with Crippen molar-refractivity contribution in [2.75, 3.05) is 13.1 Å². The molecule has 5 heteroatoms. The summed E-state index contributed by atoms with van der Waals surface area (Å²) in [5.74, 6) is 0.200. The number of nitrogens with zero attached hydrogens (tertiary/aromatic N) is 1. The molecule has 2 unspecified atom stereocenters. The van der Waals surface area contributed by atoms with Crippen molar-refractivity contribution in [1.29, 1.82) is 0 Å². The van der Waals surface area contributed by atoms with Gasteiger partial charge in [0.15, 0.2) is 0 Å². The first kappa shape index (κ1) is 16.1. The van der Waals surface area contributed by atoms with Crippen LogP contribution in [0.3, 0.4) is 0 Å². The van der Waals surface area contributed by atoms with Gasteiger partial charge in [-0.3, -0.25) is 4.79 Å². The minimum atomic E-state index is -0.562. The Kier molecular flexibility index (Phi) is 5.35. The molecule has 1 aliphatic carbocycles. The number of carbonyl (C=O) groups excluding carboxylic acids is 1.